The van der Waals surface area contributed by atoms with Crippen LogP contribution in [-0.4, -0.2) is 10.1 Å². The Bertz CT molecular complexity index is 602. The van der Waals surface area contributed by atoms with Gasteiger partial charge in [-0.1, -0.05) is 23.4 Å². The molecule has 0 bridgehead atoms. The predicted molar refractivity (Wildman–Crippen MR) is 63.2 cm³/mol. The molecule has 0 N–H and O–H groups in total. The van der Waals surface area contributed by atoms with E-state index in [9.17, 15) is 14.5 Å². The van der Waals surface area contributed by atoms with Crippen LogP contribution in [0.2, 0.25) is 0 Å². The van der Waals surface area contributed by atoms with Gasteiger partial charge in [-0.15, -0.1) is 0 Å². The first-order chi connectivity index (χ1) is 8.58. The Hall–Kier alpha value is -2.50. The third-order valence-corrected chi connectivity index (χ3v) is 2.34. The molecule has 0 radical (unpaired) electrons. The largest absolute Gasteiger partial charge is 0.349 e. The molecule has 0 aliphatic carbocycles. The summed E-state index contributed by atoms with van der Waals surface area (Å²) in [4.78, 5) is 10.2. The summed E-state index contributed by atoms with van der Waals surface area (Å²) in [6.07, 6.45) is 3.03. The van der Waals surface area contributed by atoms with E-state index in [0.717, 1.165) is 0 Å². The second-order valence-electron chi connectivity index (χ2n) is 3.62. The van der Waals surface area contributed by atoms with Crippen LogP contribution in [0.3, 0.4) is 0 Å². The maximum Gasteiger partial charge on any atom is 0.338 e. The van der Waals surface area contributed by atoms with E-state index in [1.807, 2.05) is 0 Å². The fourth-order valence-electron chi connectivity index (χ4n) is 1.46. The van der Waals surface area contributed by atoms with Crippen molar-refractivity contribution < 1.29 is 13.8 Å². The molecule has 5 nitrogen and oxygen atoms in total. The molecule has 2 rings (SSSR count). The third-order valence-electron chi connectivity index (χ3n) is 2.34. The van der Waals surface area contributed by atoms with Crippen LogP contribution in [0.5, 0.6) is 0 Å². The molecule has 0 unspecified atom stereocenters. The Morgan fingerprint density at radius 2 is 2.00 bits per heavy atom. The Balaban J connectivity index is 2.29. The highest BCUT2D eigenvalue weighted by Gasteiger charge is 2.21. The molecular formula is C12H9FN2O3. The molecule has 18 heavy (non-hydrogen) atoms. The fourth-order valence-corrected chi connectivity index (χ4v) is 1.46. The molecule has 1 aromatic heterocycles. The van der Waals surface area contributed by atoms with Gasteiger partial charge in [0.2, 0.25) is 5.76 Å². The molecule has 1 heterocycles. The zero-order valence-electron chi connectivity index (χ0n) is 9.46. The first kappa shape index (κ1) is 12.0. The second-order valence-corrected chi connectivity index (χ2v) is 3.62. The minimum Gasteiger partial charge on any atom is -0.349 e. The maximum absolute atomic E-state index is 12.7. The van der Waals surface area contributed by atoms with Gasteiger partial charge < -0.3 is 4.52 Å². The average molecular weight is 248 g/mol. The molecule has 0 saturated carbocycles. The van der Waals surface area contributed by atoms with E-state index < -0.39 is 4.92 Å². The summed E-state index contributed by atoms with van der Waals surface area (Å²) in [5.74, 6) is -0.268. The van der Waals surface area contributed by atoms with Crippen molar-refractivity contribution in [2.24, 2.45) is 0 Å². The first-order valence-corrected chi connectivity index (χ1v) is 5.12. The molecule has 1 aromatic carbocycles. The summed E-state index contributed by atoms with van der Waals surface area (Å²) in [6.45, 7) is 1.50. The van der Waals surface area contributed by atoms with Crippen LogP contribution in [0.4, 0.5) is 10.1 Å². The van der Waals surface area contributed by atoms with Gasteiger partial charge in [-0.2, -0.15) is 0 Å². The number of benzene rings is 1. The van der Waals surface area contributed by atoms with E-state index in [-0.39, 0.29) is 23.0 Å². The standard InChI is InChI=1S/C12H9FN2O3/c1-8-12(15(16)17)11(18-14-8)7-4-9-2-5-10(13)6-3-9/h2-7H,1H3/b7-4+. The van der Waals surface area contributed by atoms with E-state index in [1.165, 1.54) is 25.1 Å². The van der Waals surface area contributed by atoms with E-state index in [0.29, 0.717) is 5.56 Å². The van der Waals surface area contributed by atoms with Crippen LogP contribution in [-0.2, 0) is 0 Å². The highest BCUT2D eigenvalue weighted by atomic mass is 19.1. The van der Waals surface area contributed by atoms with Gasteiger partial charge in [-0.3, -0.25) is 10.1 Å². The molecule has 0 aliphatic heterocycles. The molecule has 6 heteroatoms. The van der Waals surface area contributed by atoms with Crippen molar-refractivity contribution in [3.63, 3.8) is 0 Å². The lowest BCUT2D eigenvalue weighted by Gasteiger charge is -1.92. The predicted octanol–water partition coefficient (Wildman–Crippen LogP) is 3.20. The lowest BCUT2D eigenvalue weighted by atomic mass is 10.2. The molecule has 0 atom stereocenters. The zero-order chi connectivity index (χ0) is 13.1. The summed E-state index contributed by atoms with van der Waals surface area (Å²) in [7, 11) is 0. The molecule has 0 spiro atoms. The minimum absolute atomic E-state index is 0.0711. The van der Waals surface area contributed by atoms with E-state index >= 15 is 0 Å². The van der Waals surface area contributed by atoms with Crippen molar-refractivity contribution in [2.45, 2.75) is 6.92 Å². The number of aryl methyl sites for hydroxylation is 1. The molecular weight excluding hydrogens is 239 g/mol. The normalized spacial score (nSPS) is 11.0. The Morgan fingerprint density at radius 3 is 2.61 bits per heavy atom. The van der Waals surface area contributed by atoms with Gasteiger partial charge in [-0.05, 0) is 30.7 Å². The Morgan fingerprint density at radius 1 is 1.33 bits per heavy atom. The van der Waals surface area contributed by atoms with E-state index in [4.69, 9.17) is 4.52 Å². The van der Waals surface area contributed by atoms with Gasteiger partial charge in [0, 0.05) is 0 Å². The Labute approximate surface area is 102 Å². The molecule has 2 aromatic rings. The maximum atomic E-state index is 12.7. The highest BCUT2D eigenvalue weighted by molar-refractivity contribution is 5.71. The van der Waals surface area contributed by atoms with Gasteiger partial charge >= 0.3 is 5.69 Å². The number of rotatable bonds is 3. The van der Waals surface area contributed by atoms with Crippen LogP contribution in [0, 0.1) is 22.9 Å². The van der Waals surface area contributed by atoms with Gasteiger partial charge in [0.1, 0.15) is 5.82 Å². The monoisotopic (exact) mass is 248 g/mol. The molecule has 92 valence electrons. The Kier molecular flexibility index (Phi) is 3.18. The highest BCUT2D eigenvalue weighted by Crippen LogP contribution is 2.24. The van der Waals surface area contributed by atoms with Crippen molar-refractivity contribution in [3.8, 4) is 0 Å². The van der Waals surface area contributed by atoms with E-state index in [1.54, 1.807) is 18.2 Å². The van der Waals surface area contributed by atoms with Gasteiger partial charge in [0.15, 0.2) is 5.69 Å². The van der Waals surface area contributed by atoms with Crippen LogP contribution in [0.15, 0.2) is 28.8 Å². The van der Waals surface area contributed by atoms with Crippen molar-refractivity contribution in [3.05, 3.63) is 57.2 Å². The topological polar surface area (TPSA) is 69.2 Å². The van der Waals surface area contributed by atoms with Gasteiger partial charge in [0.05, 0.1) is 4.92 Å². The number of hydrogen-bond donors (Lipinski definition) is 0. The van der Waals surface area contributed by atoms with Crippen LogP contribution in [0.25, 0.3) is 12.2 Å². The van der Waals surface area contributed by atoms with Crippen molar-refractivity contribution >= 4 is 17.8 Å². The summed E-state index contributed by atoms with van der Waals surface area (Å²) >= 11 is 0. The number of halogens is 1. The molecule has 0 saturated heterocycles. The number of aromatic nitrogens is 1. The quantitative estimate of drug-likeness (QED) is 0.617. The number of nitro groups is 1. The van der Waals surface area contributed by atoms with Crippen molar-refractivity contribution in [2.75, 3.05) is 0 Å². The van der Waals surface area contributed by atoms with Crippen LogP contribution in [0.1, 0.15) is 17.0 Å². The lowest BCUT2D eigenvalue weighted by Crippen LogP contribution is -1.90. The average Bonchev–Trinajstić information content (AvgIpc) is 2.70. The van der Waals surface area contributed by atoms with E-state index in [2.05, 4.69) is 5.16 Å². The number of nitrogens with zero attached hydrogens (tertiary/aromatic N) is 2. The molecule has 0 amide bonds. The summed E-state index contributed by atoms with van der Waals surface area (Å²) in [5.41, 5.74) is 0.770. The second kappa shape index (κ2) is 4.79. The summed E-state index contributed by atoms with van der Waals surface area (Å²) < 4.78 is 17.5. The summed E-state index contributed by atoms with van der Waals surface area (Å²) in [5, 5.41) is 14.3. The summed E-state index contributed by atoms with van der Waals surface area (Å²) in [6, 6.07) is 5.72. The molecule has 0 aliphatic rings. The lowest BCUT2D eigenvalue weighted by molar-refractivity contribution is -0.386. The SMILES string of the molecule is Cc1noc(/C=C/c2ccc(F)cc2)c1[N+](=O)[O-]. The third kappa shape index (κ3) is 2.42. The fraction of sp³-hybridized carbons (Fsp3) is 0.0833. The molecule has 0 fully saturated rings. The van der Waals surface area contributed by atoms with Crippen LogP contribution < -0.4 is 0 Å². The van der Waals surface area contributed by atoms with Crippen LogP contribution >= 0.6 is 0 Å². The minimum atomic E-state index is -0.545. The zero-order valence-corrected chi connectivity index (χ0v) is 9.46. The van der Waals surface area contributed by atoms with Gasteiger partial charge in [-0.25, -0.2) is 4.39 Å². The first-order valence-electron chi connectivity index (χ1n) is 5.12. The smallest absolute Gasteiger partial charge is 0.338 e. The van der Waals surface area contributed by atoms with Crippen molar-refractivity contribution in [1.29, 1.82) is 0 Å². The van der Waals surface area contributed by atoms with Crippen molar-refractivity contribution in [1.82, 2.24) is 5.16 Å². The van der Waals surface area contributed by atoms with Gasteiger partial charge in [0.25, 0.3) is 0 Å². The number of hydrogen-bond acceptors (Lipinski definition) is 4.